The molecule has 78 valence electrons. The van der Waals surface area contributed by atoms with Crippen LogP contribution in [0, 0.1) is 0 Å². The van der Waals surface area contributed by atoms with Crippen molar-refractivity contribution in [1.82, 2.24) is 0 Å². The number of hydrogen-bond acceptors (Lipinski definition) is 2. The first kappa shape index (κ1) is 13.3. The highest BCUT2D eigenvalue weighted by atomic mass is 35.6. The first-order valence-corrected chi connectivity index (χ1v) is 5.31. The molecule has 0 saturated heterocycles. The van der Waals surface area contributed by atoms with Gasteiger partial charge in [-0.1, -0.05) is 48.1 Å². The summed E-state index contributed by atoms with van der Waals surface area (Å²) in [6.45, 7) is 2.48. The molecular weight excluding hydrogens is 234 g/mol. The van der Waals surface area contributed by atoms with Crippen LogP contribution in [0.1, 0.15) is 32.6 Å². The van der Waals surface area contributed by atoms with Crippen LogP contribution in [0.2, 0.25) is 0 Å². The van der Waals surface area contributed by atoms with Crippen LogP contribution in [0.5, 0.6) is 0 Å². The molecule has 0 N–H and O–H groups in total. The fourth-order valence-corrected chi connectivity index (χ4v) is 0.930. The number of ether oxygens (including phenoxy) is 1. The molecule has 0 atom stereocenters. The summed E-state index contributed by atoms with van der Waals surface area (Å²) in [5.41, 5.74) is 0. The second-order valence-electron chi connectivity index (χ2n) is 2.69. The molecule has 0 heterocycles. The lowest BCUT2D eigenvalue weighted by Crippen LogP contribution is -2.10. The zero-order valence-electron chi connectivity index (χ0n) is 7.49. The summed E-state index contributed by atoms with van der Waals surface area (Å²) in [7, 11) is 0. The van der Waals surface area contributed by atoms with E-state index in [0.717, 1.165) is 12.8 Å². The third-order valence-electron chi connectivity index (χ3n) is 1.37. The number of alkyl halides is 3. The average molecular weight is 248 g/mol. The smallest absolute Gasteiger partial charge is 0.305 e. The SMILES string of the molecule is CCCCOC(=O)CCC(Cl)(Cl)Cl. The Morgan fingerprint density at radius 1 is 1.38 bits per heavy atom. The van der Waals surface area contributed by atoms with Crippen molar-refractivity contribution in [3.8, 4) is 0 Å². The van der Waals surface area contributed by atoms with E-state index < -0.39 is 3.79 Å². The molecule has 0 aromatic heterocycles. The Bertz CT molecular complexity index is 154. The number of unbranched alkanes of at least 4 members (excludes halogenated alkanes) is 1. The standard InChI is InChI=1S/C8H13Cl3O2/c1-2-3-6-13-7(12)4-5-8(9,10)11/h2-6H2,1H3. The molecule has 0 aliphatic rings. The van der Waals surface area contributed by atoms with E-state index in [1.165, 1.54) is 0 Å². The number of hydrogen-bond donors (Lipinski definition) is 0. The summed E-state index contributed by atoms with van der Waals surface area (Å²) in [6, 6.07) is 0. The summed E-state index contributed by atoms with van der Waals surface area (Å²) in [6.07, 6.45) is 2.22. The molecule has 2 nitrogen and oxygen atoms in total. The molecule has 0 spiro atoms. The first-order chi connectivity index (χ1) is 5.95. The highest BCUT2D eigenvalue weighted by Gasteiger charge is 2.21. The largest absolute Gasteiger partial charge is 0.466 e. The fraction of sp³-hybridized carbons (Fsp3) is 0.875. The maximum atomic E-state index is 11.0. The Morgan fingerprint density at radius 3 is 2.46 bits per heavy atom. The number of carbonyl (C=O) groups is 1. The third kappa shape index (κ3) is 10.3. The zero-order valence-corrected chi connectivity index (χ0v) is 9.75. The molecule has 0 radical (unpaired) electrons. The Hall–Kier alpha value is 0.340. The van der Waals surface area contributed by atoms with Gasteiger partial charge in [-0.2, -0.15) is 0 Å². The van der Waals surface area contributed by atoms with Gasteiger partial charge in [-0.3, -0.25) is 4.79 Å². The van der Waals surface area contributed by atoms with Crippen LogP contribution in [0.15, 0.2) is 0 Å². The highest BCUT2D eigenvalue weighted by Crippen LogP contribution is 2.31. The molecule has 13 heavy (non-hydrogen) atoms. The van der Waals surface area contributed by atoms with Gasteiger partial charge in [0, 0.05) is 12.8 Å². The van der Waals surface area contributed by atoms with Crippen molar-refractivity contribution < 1.29 is 9.53 Å². The number of esters is 1. The van der Waals surface area contributed by atoms with E-state index in [4.69, 9.17) is 39.5 Å². The second-order valence-corrected chi connectivity index (χ2v) is 5.21. The van der Waals surface area contributed by atoms with Gasteiger partial charge in [0.15, 0.2) is 3.79 Å². The maximum absolute atomic E-state index is 11.0. The maximum Gasteiger partial charge on any atom is 0.305 e. The molecule has 0 saturated carbocycles. The quantitative estimate of drug-likeness (QED) is 0.422. The molecule has 5 heteroatoms. The lowest BCUT2D eigenvalue weighted by atomic mass is 10.3. The van der Waals surface area contributed by atoms with Gasteiger partial charge in [0.2, 0.25) is 0 Å². The van der Waals surface area contributed by atoms with E-state index in [1.54, 1.807) is 0 Å². The van der Waals surface area contributed by atoms with E-state index in [9.17, 15) is 4.79 Å². The molecule has 0 bridgehead atoms. The Balaban J connectivity index is 3.41. The second kappa shape index (κ2) is 6.74. The number of rotatable bonds is 5. The van der Waals surface area contributed by atoms with Crippen molar-refractivity contribution in [3.63, 3.8) is 0 Å². The number of halogens is 3. The Kier molecular flexibility index (Phi) is 6.92. The normalized spacial score (nSPS) is 11.4. The molecule has 0 rings (SSSR count). The summed E-state index contributed by atoms with van der Waals surface area (Å²) in [4.78, 5) is 11.0. The van der Waals surface area contributed by atoms with Crippen molar-refractivity contribution in [2.24, 2.45) is 0 Å². The predicted molar refractivity (Wildman–Crippen MR) is 55.4 cm³/mol. The van der Waals surface area contributed by atoms with Crippen LogP contribution in [0.4, 0.5) is 0 Å². The fourth-order valence-electron chi connectivity index (χ4n) is 0.646. The van der Waals surface area contributed by atoms with Gasteiger partial charge in [0.1, 0.15) is 0 Å². The highest BCUT2D eigenvalue weighted by molar-refractivity contribution is 6.67. The number of carbonyl (C=O) groups excluding carboxylic acids is 1. The lowest BCUT2D eigenvalue weighted by molar-refractivity contribution is -0.143. The molecule has 0 aliphatic heterocycles. The molecule has 0 aliphatic carbocycles. The molecule has 0 unspecified atom stereocenters. The Labute approximate surface area is 93.5 Å². The van der Waals surface area contributed by atoms with Gasteiger partial charge in [-0.25, -0.2) is 0 Å². The zero-order chi connectivity index (χ0) is 10.3. The minimum atomic E-state index is -1.36. The van der Waals surface area contributed by atoms with Crippen molar-refractivity contribution in [1.29, 1.82) is 0 Å². The van der Waals surface area contributed by atoms with Crippen LogP contribution < -0.4 is 0 Å². The molecule has 0 aromatic carbocycles. The van der Waals surface area contributed by atoms with Crippen molar-refractivity contribution in [3.05, 3.63) is 0 Å². The van der Waals surface area contributed by atoms with Crippen molar-refractivity contribution in [2.45, 2.75) is 36.4 Å². The molecular formula is C8H13Cl3O2. The lowest BCUT2D eigenvalue weighted by Gasteiger charge is -2.09. The van der Waals surface area contributed by atoms with Gasteiger partial charge >= 0.3 is 5.97 Å². The summed E-state index contributed by atoms with van der Waals surface area (Å²) >= 11 is 16.4. The van der Waals surface area contributed by atoms with Gasteiger partial charge in [0.05, 0.1) is 6.61 Å². The van der Waals surface area contributed by atoms with Crippen LogP contribution >= 0.6 is 34.8 Å². The van der Waals surface area contributed by atoms with Gasteiger partial charge < -0.3 is 4.74 Å². The van der Waals surface area contributed by atoms with Gasteiger partial charge in [-0.05, 0) is 6.42 Å². The van der Waals surface area contributed by atoms with Crippen LogP contribution in [0.3, 0.4) is 0 Å². The monoisotopic (exact) mass is 246 g/mol. The van der Waals surface area contributed by atoms with Gasteiger partial charge in [-0.15, -0.1) is 0 Å². The van der Waals surface area contributed by atoms with E-state index in [0.29, 0.717) is 6.61 Å². The minimum absolute atomic E-state index is 0.153. The first-order valence-electron chi connectivity index (χ1n) is 4.18. The van der Waals surface area contributed by atoms with E-state index in [-0.39, 0.29) is 18.8 Å². The van der Waals surface area contributed by atoms with Crippen LogP contribution in [0.25, 0.3) is 0 Å². The van der Waals surface area contributed by atoms with Crippen LogP contribution in [-0.4, -0.2) is 16.4 Å². The topological polar surface area (TPSA) is 26.3 Å². The molecule has 0 fully saturated rings. The predicted octanol–water partition coefficient (Wildman–Crippen LogP) is 3.48. The van der Waals surface area contributed by atoms with Crippen LogP contribution in [-0.2, 0) is 9.53 Å². The minimum Gasteiger partial charge on any atom is -0.466 e. The molecule has 0 aromatic rings. The van der Waals surface area contributed by atoms with Crippen molar-refractivity contribution >= 4 is 40.8 Å². The van der Waals surface area contributed by atoms with E-state index in [1.807, 2.05) is 6.92 Å². The summed E-state index contributed by atoms with van der Waals surface area (Å²) in [5.74, 6) is -0.306. The summed E-state index contributed by atoms with van der Waals surface area (Å²) < 4.78 is 3.51. The molecule has 0 amide bonds. The Morgan fingerprint density at radius 2 is 2.00 bits per heavy atom. The third-order valence-corrected chi connectivity index (χ3v) is 1.94. The van der Waals surface area contributed by atoms with Crippen molar-refractivity contribution in [2.75, 3.05) is 6.61 Å². The van der Waals surface area contributed by atoms with E-state index in [2.05, 4.69) is 0 Å². The average Bonchev–Trinajstić information content (AvgIpc) is 2.00. The van der Waals surface area contributed by atoms with E-state index >= 15 is 0 Å². The van der Waals surface area contributed by atoms with Gasteiger partial charge in [0.25, 0.3) is 0 Å². The summed E-state index contributed by atoms with van der Waals surface area (Å²) in [5, 5.41) is 0.